The standard InChI is InChI=1S/C14H11N5/c15-13-9-12(10-1-5-16-6-2-10)18-14(19-13)11-3-7-17-8-4-11/h1-9H,(H2,15,18,19). The summed E-state index contributed by atoms with van der Waals surface area (Å²) in [6.45, 7) is 0. The third-order valence-electron chi connectivity index (χ3n) is 2.66. The van der Waals surface area contributed by atoms with Crippen LogP contribution >= 0.6 is 0 Å². The number of pyridine rings is 2. The van der Waals surface area contributed by atoms with Gasteiger partial charge in [0.05, 0.1) is 5.69 Å². The quantitative estimate of drug-likeness (QED) is 0.753. The van der Waals surface area contributed by atoms with Crippen molar-refractivity contribution >= 4 is 5.82 Å². The van der Waals surface area contributed by atoms with Crippen LogP contribution in [-0.2, 0) is 0 Å². The van der Waals surface area contributed by atoms with Crippen LogP contribution in [0.15, 0.2) is 55.1 Å². The van der Waals surface area contributed by atoms with E-state index in [4.69, 9.17) is 5.73 Å². The molecular weight excluding hydrogens is 238 g/mol. The molecule has 5 nitrogen and oxygen atoms in total. The minimum Gasteiger partial charge on any atom is -0.384 e. The van der Waals surface area contributed by atoms with E-state index in [1.807, 2.05) is 24.3 Å². The molecule has 0 radical (unpaired) electrons. The first-order valence-corrected chi connectivity index (χ1v) is 5.78. The molecule has 92 valence electrons. The Hall–Kier alpha value is -2.82. The fourth-order valence-corrected chi connectivity index (χ4v) is 1.77. The van der Waals surface area contributed by atoms with Gasteiger partial charge in [0.2, 0.25) is 0 Å². The van der Waals surface area contributed by atoms with Gasteiger partial charge in [-0.3, -0.25) is 9.97 Å². The summed E-state index contributed by atoms with van der Waals surface area (Å²) < 4.78 is 0. The maximum Gasteiger partial charge on any atom is 0.162 e. The first-order chi connectivity index (χ1) is 9.33. The fraction of sp³-hybridized carbons (Fsp3) is 0. The number of rotatable bonds is 2. The second-order valence-corrected chi connectivity index (χ2v) is 3.97. The molecule has 0 aliphatic heterocycles. The van der Waals surface area contributed by atoms with Crippen LogP contribution in [0.2, 0.25) is 0 Å². The van der Waals surface area contributed by atoms with Gasteiger partial charge in [-0.05, 0) is 24.3 Å². The van der Waals surface area contributed by atoms with Gasteiger partial charge in [0, 0.05) is 42.0 Å². The first-order valence-electron chi connectivity index (χ1n) is 5.78. The van der Waals surface area contributed by atoms with Crippen molar-refractivity contribution in [2.24, 2.45) is 0 Å². The van der Waals surface area contributed by atoms with Gasteiger partial charge in [0.1, 0.15) is 5.82 Å². The van der Waals surface area contributed by atoms with Crippen molar-refractivity contribution in [3.8, 4) is 22.6 Å². The summed E-state index contributed by atoms with van der Waals surface area (Å²) in [5.74, 6) is 1.03. The highest BCUT2D eigenvalue weighted by molar-refractivity contribution is 5.66. The van der Waals surface area contributed by atoms with E-state index in [1.165, 1.54) is 0 Å². The van der Waals surface area contributed by atoms with Crippen LogP contribution in [0.1, 0.15) is 0 Å². The smallest absolute Gasteiger partial charge is 0.162 e. The van der Waals surface area contributed by atoms with E-state index in [-0.39, 0.29) is 0 Å². The van der Waals surface area contributed by atoms with Crippen molar-refractivity contribution in [3.05, 3.63) is 55.1 Å². The topological polar surface area (TPSA) is 77.6 Å². The average molecular weight is 249 g/mol. The predicted molar refractivity (Wildman–Crippen MR) is 72.9 cm³/mol. The van der Waals surface area contributed by atoms with Gasteiger partial charge < -0.3 is 5.73 Å². The molecule has 0 atom stereocenters. The molecule has 3 aromatic heterocycles. The predicted octanol–water partition coefficient (Wildman–Crippen LogP) is 2.18. The summed E-state index contributed by atoms with van der Waals surface area (Å²) in [5.41, 5.74) is 8.48. The highest BCUT2D eigenvalue weighted by Crippen LogP contribution is 2.22. The van der Waals surface area contributed by atoms with Gasteiger partial charge >= 0.3 is 0 Å². The zero-order valence-corrected chi connectivity index (χ0v) is 10.1. The molecule has 0 unspecified atom stereocenters. The van der Waals surface area contributed by atoms with Crippen molar-refractivity contribution in [2.45, 2.75) is 0 Å². The average Bonchev–Trinajstić information content (AvgIpc) is 2.48. The van der Waals surface area contributed by atoms with Crippen molar-refractivity contribution < 1.29 is 0 Å². The summed E-state index contributed by atoms with van der Waals surface area (Å²) >= 11 is 0. The van der Waals surface area contributed by atoms with Crippen LogP contribution in [0.25, 0.3) is 22.6 Å². The molecule has 0 fully saturated rings. The number of nitrogen functional groups attached to an aromatic ring is 1. The lowest BCUT2D eigenvalue weighted by Crippen LogP contribution is -1.98. The molecule has 0 spiro atoms. The number of aromatic nitrogens is 4. The third kappa shape index (κ3) is 2.40. The van der Waals surface area contributed by atoms with Gasteiger partial charge in [0.15, 0.2) is 5.82 Å². The van der Waals surface area contributed by atoms with E-state index >= 15 is 0 Å². The van der Waals surface area contributed by atoms with E-state index in [0.717, 1.165) is 16.8 Å². The van der Waals surface area contributed by atoms with Gasteiger partial charge in [-0.2, -0.15) is 0 Å². The number of nitrogens with zero attached hydrogens (tertiary/aromatic N) is 4. The van der Waals surface area contributed by atoms with Crippen LogP contribution < -0.4 is 5.73 Å². The maximum absolute atomic E-state index is 5.85. The van der Waals surface area contributed by atoms with Crippen LogP contribution in [0.5, 0.6) is 0 Å². The summed E-state index contributed by atoms with van der Waals surface area (Å²) in [5, 5.41) is 0. The highest BCUT2D eigenvalue weighted by Gasteiger charge is 2.06. The summed E-state index contributed by atoms with van der Waals surface area (Å²) in [6, 6.07) is 9.23. The molecule has 0 aliphatic rings. The van der Waals surface area contributed by atoms with Crippen LogP contribution in [0.4, 0.5) is 5.82 Å². The largest absolute Gasteiger partial charge is 0.384 e. The molecule has 5 heteroatoms. The van der Waals surface area contributed by atoms with E-state index in [9.17, 15) is 0 Å². The van der Waals surface area contributed by atoms with E-state index in [1.54, 1.807) is 30.9 Å². The third-order valence-corrected chi connectivity index (χ3v) is 2.66. The normalized spacial score (nSPS) is 10.3. The Morgan fingerprint density at radius 1 is 0.737 bits per heavy atom. The van der Waals surface area contributed by atoms with Crippen molar-refractivity contribution in [3.63, 3.8) is 0 Å². The summed E-state index contributed by atoms with van der Waals surface area (Å²) in [7, 11) is 0. The lowest BCUT2D eigenvalue weighted by molar-refractivity contribution is 1.18. The minimum atomic E-state index is 0.439. The molecule has 19 heavy (non-hydrogen) atoms. The molecule has 0 saturated heterocycles. The summed E-state index contributed by atoms with van der Waals surface area (Å²) in [4.78, 5) is 16.8. The van der Waals surface area contributed by atoms with Crippen LogP contribution in [0.3, 0.4) is 0 Å². The Morgan fingerprint density at radius 2 is 1.32 bits per heavy atom. The molecular formula is C14H11N5. The lowest BCUT2D eigenvalue weighted by atomic mass is 10.2. The number of hydrogen-bond donors (Lipinski definition) is 1. The Morgan fingerprint density at radius 3 is 1.95 bits per heavy atom. The zero-order chi connectivity index (χ0) is 13.1. The SMILES string of the molecule is Nc1cc(-c2ccncc2)nc(-c2ccncc2)n1. The van der Waals surface area contributed by atoms with Crippen molar-refractivity contribution in [1.29, 1.82) is 0 Å². The Kier molecular flexibility index (Phi) is 2.86. The molecule has 0 saturated carbocycles. The number of anilines is 1. The van der Waals surface area contributed by atoms with Gasteiger partial charge in [0.25, 0.3) is 0 Å². The van der Waals surface area contributed by atoms with Gasteiger partial charge in [-0.15, -0.1) is 0 Å². The Balaban J connectivity index is 2.12. The Bertz CT molecular complexity index is 625. The van der Waals surface area contributed by atoms with E-state index in [2.05, 4.69) is 19.9 Å². The second-order valence-electron chi connectivity index (χ2n) is 3.97. The van der Waals surface area contributed by atoms with Crippen LogP contribution in [0, 0.1) is 0 Å². The maximum atomic E-state index is 5.85. The number of hydrogen-bond acceptors (Lipinski definition) is 5. The Labute approximate surface area is 110 Å². The molecule has 3 aromatic rings. The van der Waals surface area contributed by atoms with E-state index in [0.29, 0.717) is 11.6 Å². The highest BCUT2D eigenvalue weighted by atomic mass is 14.9. The molecule has 3 rings (SSSR count). The van der Waals surface area contributed by atoms with Gasteiger partial charge in [-0.1, -0.05) is 0 Å². The van der Waals surface area contributed by atoms with E-state index < -0.39 is 0 Å². The van der Waals surface area contributed by atoms with Crippen molar-refractivity contribution in [2.75, 3.05) is 5.73 Å². The van der Waals surface area contributed by atoms with Crippen LogP contribution in [-0.4, -0.2) is 19.9 Å². The molecule has 3 heterocycles. The first kappa shape index (κ1) is 11.3. The number of nitrogens with two attached hydrogens (primary N) is 1. The molecule has 0 aromatic carbocycles. The minimum absolute atomic E-state index is 0.439. The van der Waals surface area contributed by atoms with Gasteiger partial charge in [-0.25, -0.2) is 9.97 Å². The lowest BCUT2D eigenvalue weighted by Gasteiger charge is -2.05. The zero-order valence-electron chi connectivity index (χ0n) is 10.1. The molecule has 0 amide bonds. The molecule has 0 bridgehead atoms. The molecule has 0 aliphatic carbocycles. The monoisotopic (exact) mass is 249 g/mol. The molecule has 2 N–H and O–H groups in total. The second kappa shape index (κ2) is 4.81. The fourth-order valence-electron chi connectivity index (χ4n) is 1.77. The van der Waals surface area contributed by atoms with Crippen molar-refractivity contribution in [1.82, 2.24) is 19.9 Å². The summed E-state index contributed by atoms with van der Waals surface area (Å²) in [6.07, 6.45) is 6.85.